The molecule has 1 amide bonds. The summed E-state index contributed by atoms with van der Waals surface area (Å²) in [5, 5.41) is 3.78. The Morgan fingerprint density at radius 2 is 1.42 bits per heavy atom. The van der Waals surface area contributed by atoms with Crippen LogP contribution < -0.4 is 0 Å². The monoisotopic (exact) mass is 367 g/mol. The number of halogens is 3. The molecule has 0 N–H and O–H groups in total. The molecule has 2 nitrogen and oxygen atoms in total. The maximum absolute atomic E-state index is 13.4. The van der Waals surface area contributed by atoms with E-state index >= 15 is 0 Å². The molecule has 0 aliphatic carbocycles. The molecule has 0 fully saturated rings. The molecule has 0 aliphatic rings. The zero-order valence-corrected chi connectivity index (χ0v) is 14.0. The molecule has 0 aliphatic heterocycles. The summed E-state index contributed by atoms with van der Waals surface area (Å²) < 4.78 is 40.0. The van der Waals surface area contributed by atoms with Crippen LogP contribution in [0.5, 0.6) is 0 Å². The molecule has 3 aromatic rings. The van der Waals surface area contributed by atoms with Gasteiger partial charge >= 0.3 is 0 Å². The second-order valence-corrected chi connectivity index (χ2v) is 7.14. The Hall–Kier alpha value is -2.12. The van der Waals surface area contributed by atoms with Gasteiger partial charge in [0.2, 0.25) is 0 Å². The van der Waals surface area contributed by atoms with Gasteiger partial charge in [-0.05, 0) is 35.0 Å². The first kappa shape index (κ1) is 16.7. The molecule has 1 aromatic carbocycles. The first-order chi connectivity index (χ1) is 11.5. The van der Waals surface area contributed by atoms with E-state index in [2.05, 4.69) is 0 Å². The molecule has 0 atom stereocenters. The predicted molar refractivity (Wildman–Crippen MR) is 88.5 cm³/mol. The summed E-state index contributed by atoms with van der Waals surface area (Å²) in [6.07, 6.45) is 0. The van der Waals surface area contributed by atoms with Crippen LogP contribution in [0.1, 0.15) is 20.1 Å². The van der Waals surface area contributed by atoms with Gasteiger partial charge in [-0.15, -0.1) is 22.7 Å². The fourth-order valence-electron chi connectivity index (χ4n) is 2.24. The van der Waals surface area contributed by atoms with Crippen LogP contribution >= 0.6 is 22.7 Å². The SMILES string of the molecule is O=C(c1cc(F)c(F)c(F)c1)N(Cc1cccs1)Cc1cccs1. The number of thiophene rings is 2. The van der Waals surface area contributed by atoms with Gasteiger partial charge in [-0.1, -0.05) is 12.1 Å². The molecule has 0 spiro atoms. The summed E-state index contributed by atoms with van der Waals surface area (Å²) in [5.74, 6) is -4.86. The van der Waals surface area contributed by atoms with Crippen molar-refractivity contribution < 1.29 is 18.0 Å². The molecule has 2 aromatic heterocycles. The average molecular weight is 367 g/mol. The normalized spacial score (nSPS) is 10.8. The van der Waals surface area contributed by atoms with Crippen molar-refractivity contribution in [2.75, 3.05) is 0 Å². The van der Waals surface area contributed by atoms with Crippen molar-refractivity contribution in [3.05, 3.63) is 79.9 Å². The van der Waals surface area contributed by atoms with E-state index in [-0.39, 0.29) is 5.56 Å². The Morgan fingerprint density at radius 3 is 1.83 bits per heavy atom. The molecule has 24 heavy (non-hydrogen) atoms. The lowest BCUT2D eigenvalue weighted by Gasteiger charge is -2.22. The third-order valence-electron chi connectivity index (χ3n) is 3.37. The summed E-state index contributed by atoms with van der Waals surface area (Å²) in [6.45, 7) is 0.629. The van der Waals surface area contributed by atoms with Crippen LogP contribution in [0.25, 0.3) is 0 Å². The lowest BCUT2D eigenvalue weighted by atomic mass is 10.1. The maximum atomic E-state index is 13.4. The van der Waals surface area contributed by atoms with Crippen molar-refractivity contribution in [2.45, 2.75) is 13.1 Å². The first-order valence-electron chi connectivity index (χ1n) is 7.03. The van der Waals surface area contributed by atoms with E-state index in [1.807, 2.05) is 35.0 Å². The summed E-state index contributed by atoms with van der Waals surface area (Å²) in [6, 6.07) is 8.96. The number of carbonyl (C=O) groups is 1. The van der Waals surface area contributed by atoms with E-state index in [0.717, 1.165) is 21.9 Å². The van der Waals surface area contributed by atoms with E-state index in [9.17, 15) is 18.0 Å². The topological polar surface area (TPSA) is 20.3 Å². The molecule has 0 saturated carbocycles. The van der Waals surface area contributed by atoms with Gasteiger partial charge in [0, 0.05) is 15.3 Å². The molecular weight excluding hydrogens is 355 g/mol. The van der Waals surface area contributed by atoms with Crippen LogP contribution in [0.15, 0.2) is 47.2 Å². The van der Waals surface area contributed by atoms with Crippen LogP contribution in [0.4, 0.5) is 13.2 Å². The fourth-order valence-corrected chi connectivity index (χ4v) is 3.68. The number of carbonyl (C=O) groups excluding carboxylic acids is 1. The zero-order valence-electron chi connectivity index (χ0n) is 12.3. The summed E-state index contributed by atoms with van der Waals surface area (Å²) in [7, 11) is 0. The Balaban J connectivity index is 1.90. The summed E-state index contributed by atoms with van der Waals surface area (Å²) in [4.78, 5) is 16.1. The Labute approximate surface area is 144 Å². The van der Waals surface area contributed by atoms with Gasteiger partial charge in [0.15, 0.2) is 17.5 Å². The minimum atomic E-state index is -1.57. The van der Waals surface area contributed by atoms with Crippen LogP contribution in [0, 0.1) is 17.5 Å². The highest BCUT2D eigenvalue weighted by atomic mass is 32.1. The van der Waals surface area contributed by atoms with E-state index < -0.39 is 23.4 Å². The first-order valence-corrected chi connectivity index (χ1v) is 8.79. The van der Waals surface area contributed by atoms with Crippen molar-refractivity contribution in [2.24, 2.45) is 0 Å². The van der Waals surface area contributed by atoms with Crippen molar-refractivity contribution in [3.8, 4) is 0 Å². The number of benzene rings is 1. The van der Waals surface area contributed by atoms with Crippen molar-refractivity contribution in [1.29, 1.82) is 0 Å². The van der Waals surface area contributed by atoms with Gasteiger partial charge in [0.05, 0.1) is 13.1 Å². The third kappa shape index (κ3) is 3.68. The van der Waals surface area contributed by atoms with Crippen LogP contribution in [0.2, 0.25) is 0 Å². The number of nitrogens with zero attached hydrogens (tertiary/aromatic N) is 1. The molecule has 124 valence electrons. The number of hydrogen-bond acceptors (Lipinski definition) is 3. The highest BCUT2D eigenvalue weighted by Gasteiger charge is 2.21. The van der Waals surface area contributed by atoms with Crippen LogP contribution in [-0.4, -0.2) is 10.8 Å². The van der Waals surface area contributed by atoms with Gasteiger partial charge in [0.25, 0.3) is 5.91 Å². The Bertz CT molecular complexity index is 772. The molecule has 7 heteroatoms. The van der Waals surface area contributed by atoms with E-state index in [4.69, 9.17) is 0 Å². The third-order valence-corrected chi connectivity index (χ3v) is 5.09. The van der Waals surface area contributed by atoms with Crippen molar-refractivity contribution in [3.63, 3.8) is 0 Å². The van der Waals surface area contributed by atoms with Crippen LogP contribution in [-0.2, 0) is 13.1 Å². The lowest BCUT2D eigenvalue weighted by molar-refractivity contribution is 0.0732. The number of hydrogen-bond donors (Lipinski definition) is 0. The lowest BCUT2D eigenvalue weighted by Crippen LogP contribution is -2.29. The van der Waals surface area contributed by atoms with Crippen molar-refractivity contribution >= 4 is 28.6 Å². The van der Waals surface area contributed by atoms with Gasteiger partial charge < -0.3 is 4.90 Å². The van der Waals surface area contributed by atoms with Crippen molar-refractivity contribution in [1.82, 2.24) is 4.90 Å². The molecule has 0 bridgehead atoms. The Morgan fingerprint density at radius 1 is 0.917 bits per heavy atom. The van der Waals surface area contributed by atoms with E-state index in [0.29, 0.717) is 13.1 Å². The summed E-state index contributed by atoms with van der Waals surface area (Å²) >= 11 is 2.97. The molecular formula is C17H12F3NOS2. The smallest absolute Gasteiger partial charge is 0.254 e. The van der Waals surface area contributed by atoms with E-state index in [1.165, 1.54) is 27.6 Å². The minimum Gasteiger partial charge on any atom is -0.328 e. The van der Waals surface area contributed by atoms with E-state index in [1.54, 1.807) is 0 Å². The average Bonchev–Trinajstić information content (AvgIpc) is 3.24. The largest absolute Gasteiger partial charge is 0.328 e. The fraction of sp³-hybridized carbons (Fsp3) is 0.118. The van der Waals surface area contributed by atoms with Crippen LogP contribution in [0.3, 0.4) is 0 Å². The Kier molecular flexibility index (Phi) is 5.01. The minimum absolute atomic E-state index is 0.209. The molecule has 0 radical (unpaired) electrons. The highest BCUT2D eigenvalue weighted by molar-refractivity contribution is 7.10. The number of amides is 1. The zero-order chi connectivity index (χ0) is 17.1. The molecule has 0 saturated heterocycles. The van der Waals surface area contributed by atoms with Gasteiger partial charge in [-0.25, -0.2) is 13.2 Å². The molecule has 0 unspecified atom stereocenters. The van der Waals surface area contributed by atoms with Gasteiger partial charge in [-0.2, -0.15) is 0 Å². The maximum Gasteiger partial charge on any atom is 0.254 e. The number of rotatable bonds is 5. The second kappa shape index (κ2) is 7.19. The van der Waals surface area contributed by atoms with Gasteiger partial charge in [0.1, 0.15) is 0 Å². The van der Waals surface area contributed by atoms with Gasteiger partial charge in [-0.3, -0.25) is 4.79 Å². The summed E-state index contributed by atoms with van der Waals surface area (Å²) in [5.41, 5.74) is -0.209. The second-order valence-electron chi connectivity index (χ2n) is 5.07. The standard InChI is InChI=1S/C17H12F3NOS2/c18-14-7-11(8-15(19)16(14)20)17(22)21(9-12-3-1-5-23-12)10-13-4-2-6-24-13/h1-8H,9-10H2. The quantitative estimate of drug-likeness (QED) is 0.577. The molecule has 2 heterocycles. The molecule has 3 rings (SSSR count). The highest BCUT2D eigenvalue weighted by Crippen LogP contribution is 2.21. The predicted octanol–water partition coefficient (Wildman–Crippen LogP) is 5.07.